The maximum absolute atomic E-state index is 9.91. The highest BCUT2D eigenvalue weighted by atomic mass is 16.4. The van der Waals surface area contributed by atoms with Crippen molar-refractivity contribution in [3.05, 3.63) is 30.3 Å². The lowest BCUT2D eigenvalue weighted by molar-refractivity contribution is -0.148. The van der Waals surface area contributed by atoms with Crippen molar-refractivity contribution >= 4 is 11.8 Å². The lowest BCUT2D eigenvalue weighted by Gasteiger charge is -1.82. The number of phenolic OH excluding ortho intramolecular Hbond substituents is 1. The fraction of sp³-hybridized carbons (Fsp3) is 0.333. The molecule has 16 heavy (non-hydrogen) atoms. The van der Waals surface area contributed by atoms with Gasteiger partial charge in [0.05, 0.1) is 0 Å². The molecule has 0 aromatic heterocycles. The number of aromatic hydroxyl groups is 1. The SMILES string of the molecule is CC.CCC(=O)C(=O)O.Oc1ccccc1. The van der Waals surface area contributed by atoms with Gasteiger partial charge in [-0.15, -0.1) is 0 Å². The lowest BCUT2D eigenvalue weighted by atomic mass is 10.3. The van der Waals surface area contributed by atoms with Crippen LogP contribution in [-0.2, 0) is 9.59 Å². The number of carbonyl (C=O) groups excluding carboxylic acids is 1. The first kappa shape index (κ1) is 16.6. The first-order valence-electron chi connectivity index (χ1n) is 5.08. The van der Waals surface area contributed by atoms with Crippen LogP contribution in [0.4, 0.5) is 0 Å². The van der Waals surface area contributed by atoms with E-state index in [2.05, 4.69) is 0 Å². The van der Waals surface area contributed by atoms with E-state index in [-0.39, 0.29) is 6.42 Å². The van der Waals surface area contributed by atoms with Gasteiger partial charge in [-0.1, -0.05) is 39.0 Å². The molecule has 0 aliphatic rings. The van der Waals surface area contributed by atoms with Crippen LogP contribution in [-0.4, -0.2) is 22.0 Å². The van der Waals surface area contributed by atoms with E-state index in [9.17, 15) is 9.59 Å². The van der Waals surface area contributed by atoms with E-state index in [0.29, 0.717) is 5.75 Å². The Kier molecular flexibility index (Phi) is 11.6. The Morgan fingerprint density at radius 3 is 1.69 bits per heavy atom. The van der Waals surface area contributed by atoms with Gasteiger partial charge in [0.15, 0.2) is 0 Å². The molecule has 0 heterocycles. The summed E-state index contributed by atoms with van der Waals surface area (Å²) in [5.41, 5.74) is 0. The van der Waals surface area contributed by atoms with Gasteiger partial charge < -0.3 is 10.2 Å². The lowest BCUT2D eigenvalue weighted by Crippen LogP contribution is -2.09. The summed E-state index contributed by atoms with van der Waals surface area (Å²) in [5, 5.41) is 16.5. The topological polar surface area (TPSA) is 74.6 Å². The number of rotatable bonds is 2. The van der Waals surface area contributed by atoms with E-state index in [1.54, 1.807) is 24.3 Å². The summed E-state index contributed by atoms with van der Waals surface area (Å²) in [6, 6.07) is 8.71. The molecule has 0 bridgehead atoms. The molecule has 4 heteroatoms. The Bertz CT molecular complexity index is 293. The van der Waals surface area contributed by atoms with E-state index in [1.165, 1.54) is 6.92 Å². The summed E-state index contributed by atoms with van der Waals surface area (Å²) >= 11 is 0. The largest absolute Gasteiger partial charge is 0.508 e. The molecule has 1 rings (SSSR count). The third kappa shape index (κ3) is 10.2. The highest BCUT2D eigenvalue weighted by Gasteiger charge is 2.05. The highest BCUT2D eigenvalue weighted by Crippen LogP contribution is 2.02. The molecule has 0 spiro atoms. The van der Waals surface area contributed by atoms with Gasteiger partial charge in [0.2, 0.25) is 5.78 Å². The second-order valence-electron chi connectivity index (χ2n) is 2.42. The van der Waals surface area contributed by atoms with Crippen LogP contribution in [0.2, 0.25) is 0 Å². The van der Waals surface area contributed by atoms with Crippen LogP contribution in [0.3, 0.4) is 0 Å². The van der Waals surface area contributed by atoms with Crippen molar-refractivity contribution in [3.8, 4) is 5.75 Å². The quantitative estimate of drug-likeness (QED) is 0.759. The molecule has 0 atom stereocenters. The predicted molar refractivity (Wildman–Crippen MR) is 62.4 cm³/mol. The Morgan fingerprint density at radius 1 is 1.12 bits per heavy atom. The summed E-state index contributed by atoms with van der Waals surface area (Å²) in [6.45, 7) is 5.51. The predicted octanol–water partition coefficient (Wildman–Crippen LogP) is 2.47. The van der Waals surface area contributed by atoms with Gasteiger partial charge in [-0.25, -0.2) is 4.79 Å². The number of hydrogen-bond donors (Lipinski definition) is 2. The molecule has 0 amide bonds. The van der Waals surface area contributed by atoms with E-state index < -0.39 is 11.8 Å². The normalized spacial score (nSPS) is 7.69. The van der Waals surface area contributed by atoms with Crippen molar-refractivity contribution in [1.82, 2.24) is 0 Å². The first-order valence-corrected chi connectivity index (χ1v) is 5.08. The van der Waals surface area contributed by atoms with Gasteiger partial charge in [-0.3, -0.25) is 4.79 Å². The Morgan fingerprint density at radius 2 is 1.56 bits per heavy atom. The molecular weight excluding hydrogens is 208 g/mol. The molecule has 2 N–H and O–H groups in total. The number of para-hydroxylation sites is 1. The number of benzene rings is 1. The van der Waals surface area contributed by atoms with Crippen molar-refractivity contribution in [2.45, 2.75) is 27.2 Å². The van der Waals surface area contributed by atoms with Gasteiger partial charge in [0, 0.05) is 6.42 Å². The molecule has 0 unspecified atom stereocenters. The van der Waals surface area contributed by atoms with Crippen LogP contribution < -0.4 is 0 Å². The molecule has 0 saturated carbocycles. The minimum Gasteiger partial charge on any atom is -0.508 e. The second-order valence-corrected chi connectivity index (χ2v) is 2.42. The molecule has 90 valence electrons. The minimum atomic E-state index is -1.34. The number of Topliss-reactive ketones (excluding diaryl/α,β-unsaturated/α-hetero) is 1. The highest BCUT2D eigenvalue weighted by molar-refractivity contribution is 6.32. The number of carboxylic acid groups (broad SMARTS) is 1. The first-order chi connectivity index (χ1) is 7.57. The summed E-state index contributed by atoms with van der Waals surface area (Å²) in [5.74, 6) is -1.76. The molecular formula is C12H18O4. The number of aliphatic carboxylic acids is 1. The van der Waals surface area contributed by atoms with Crippen LogP contribution >= 0.6 is 0 Å². The van der Waals surface area contributed by atoms with Crippen LogP contribution in [0.5, 0.6) is 5.75 Å². The van der Waals surface area contributed by atoms with Crippen LogP contribution in [0, 0.1) is 0 Å². The third-order valence-corrected chi connectivity index (χ3v) is 1.32. The van der Waals surface area contributed by atoms with Crippen LogP contribution in [0.1, 0.15) is 27.2 Å². The van der Waals surface area contributed by atoms with Crippen LogP contribution in [0.15, 0.2) is 30.3 Å². The zero-order valence-corrected chi connectivity index (χ0v) is 9.80. The van der Waals surface area contributed by atoms with Crippen molar-refractivity contribution in [2.75, 3.05) is 0 Å². The average Bonchev–Trinajstić information content (AvgIpc) is 2.32. The van der Waals surface area contributed by atoms with Crippen molar-refractivity contribution in [1.29, 1.82) is 0 Å². The summed E-state index contributed by atoms with van der Waals surface area (Å²) in [4.78, 5) is 19.5. The van der Waals surface area contributed by atoms with E-state index in [4.69, 9.17) is 10.2 Å². The monoisotopic (exact) mass is 226 g/mol. The molecule has 4 nitrogen and oxygen atoms in total. The third-order valence-electron chi connectivity index (χ3n) is 1.32. The molecule has 0 aliphatic carbocycles. The standard InChI is InChI=1S/C6H6O.C4H6O3.C2H6/c7-6-4-2-1-3-5-6;1-2-3(5)4(6)7;1-2/h1-5,7H;2H2,1H3,(H,6,7);1-2H3. The summed E-state index contributed by atoms with van der Waals surface area (Å²) in [7, 11) is 0. The molecule has 0 aliphatic heterocycles. The molecule has 0 radical (unpaired) electrons. The zero-order chi connectivity index (χ0) is 13.0. The fourth-order valence-corrected chi connectivity index (χ4v) is 0.579. The molecule has 1 aromatic rings. The summed E-state index contributed by atoms with van der Waals surface area (Å²) < 4.78 is 0. The summed E-state index contributed by atoms with van der Waals surface area (Å²) in [6.07, 6.45) is 0.0787. The van der Waals surface area contributed by atoms with Gasteiger partial charge in [-0.2, -0.15) is 0 Å². The van der Waals surface area contributed by atoms with E-state index in [0.717, 1.165) is 0 Å². The smallest absolute Gasteiger partial charge is 0.372 e. The van der Waals surface area contributed by atoms with Gasteiger partial charge in [0.1, 0.15) is 5.75 Å². The maximum Gasteiger partial charge on any atom is 0.372 e. The fourth-order valence-electron chi connectivity index (χ4n) is 0.579. The Hall–Kier alpha value is -1.84. The number of ketones is 1. The molecule has 1 aromatic carbocycles. The maximum atomic E-state index is 9.91. The number of phenols is 1. The van der Waals surface area contributed by atoms with Crippen molar-refractivity contribution in [3.63, 3.8) is 0 Å². The number of hydrogen-bond acceptors (Lipinski definition) is 3. The zero-order valence-electron chi connectivity index (χ0n) is 9.80. The molecule has 0 fully saturated rings. The Labute approximate surface area is 95.5 Å². The van der Waals surface area contributed by atoms with Gasteiger partial charge in [0.25, 0.3) is 0 Å². The van der Waals surface area contributed by atoms with Gasteiger partial charge >= 0.3 is 5.97 Å². The molecule has 0 saturated heterocycles. The van der Waals surface area contributed by atoms with Crippen molar-refractivity contribution in [2.24, 2.45) is 0 Å². The number of carbonyl (C=O) groups is 2. The van der Waals surface area contributed by atoms with E-state index in [1.807, 2.05) is 19.9 Å². The van der Waals surface area contributed by atoms with Gasteiger partial charge in [-0.05, 0) is 12.1 Å². The second kappa shape index (κ2) is 11.2. The van der Waals surface area contributed by atoms with Crippen molar-refractivity contribution < 1.29 is 19.8 Å². The number of carboxylic acids is 1. The minimum absolute atomic E-state index is 0.0787. The average molecular weight is 226 g/mol. The Balaban J connectivity index is 0. The van der Waals surface area contributed by atoms with E-state index >= 15 is 0 Å². The van der Waals surface area contributed by atoms with Crippen LogP contribution in [0.25, 0.3) is 0 Å².